The van der Waals surface area contributed by atoms with Crippen molar-refractivity contribution < 1.29 is 4.39 Å². The molecule has 0 saturated heterocycles. The maximum Gasteiger partial charge on any atom is 0.168 e. The first kappa shape index (κ1) is 9.64. The predicted octanol–water partition coefficient (Wildman–Crippen LogP) is 1.69. The fourth-order valence-electron chi connectivity index (χ4n) is 1.46. The molecule has 0 aliphatic heterocycles. The molecule has 1 heterocycles. The van der Waals surface area contributed by atoms with Crippen LogP contribution in [0.2, 0.25) is 0 Å². The molecule has 2 N–H and O–H groups in total. The Kier molecular flexibility index (Phi) is 2.37. The summed E-state index contributed by atoms with van der Waals surface area (Å²) in [6.45, 7) is 2.61. The number of nitrogen functional groups attached to an aromatic ring is 1. The van der Waals surface area contributed by atoms with Crippen molar-refractivity contribution in [1.29, 1.82) is 0 Å². The van der Waals surface area contributed by atoms with Crippen LogP contribution in [0.25, 0.3) is 11.4 Å². The molecule has 4 nitrogen and oxygen atoms in total. The maximum absolute atomic E-state index is 13.6. The number of benzene rings is 1. The highest BCUT2D eigenvalue weighted by Gasteiger charge is 2.14. The van der Waals surface area contributed by atoms with Crippen LogP contribution < -0.4 is 5.73 Å². The number of nitrogens with two attached hydrogens (primary N) is 1. The van der Waals surface area contributed by atoms with Crippen LogP contribution in [-0.4, -0.2) is 14.8 Å². The summed E-state index contributed by atoms with van der Waals surface area (Å²) in [4.78, 5) is 0. The first-order chi connectivity index (χ1) is 7.24. The van der Waals surface area contributed by atoms with E-state index >= 15 is 0 Å². The average Bonchev–Trinajstić information content (AvgIpc) is 2.65. The lowest BCUT2D eigenvalue weighted by Crippen LogP contribution is -2.01. The number of nitrogens with zero attached hydrogens (tertiary/aromatic N) is 3. The van der Waals surface area contributed by atoms with E-state index in [-0.39, 0.29) is 5.82 Å². The van der Waals surface area contributed by atoms with Gasteiger partial charge in [-0.3, -0.25) is 0 Å². The molecule has 0 radical (unpaired) electrons. The molecule has 0 atom stereocenters. The van der Waals surface area contributed by atoms with Crippen molar-refractivity contribution in [3.05, 3.63) is 30.3 Å². The third-order valence-electron chi connectivity index (χ3n) is 2.23. The lowest BCUT2D eigenvalue weighted by molar-refractivity contribution is 0.628. The number of hydrogen-bond donors (Lipinski definition) is 1. The predicted molar refractivity (Wildman–Crippen MR) is 55.5 cm³/mol. The Labute approximate surface area is 86.6 Å². The van der Waals surface area contributed by atoms with Gasteiger partial charge in [-0.15, -0.1) is 10.2 Å². The van der Waals surface area contributed by atoms with E-state index in [1.54, 1.807) is 23.0 Å². The molecule has 0 unspecified atom stereocenters. The zero-order valence-corrected chi connectivity index (χ0v) is 8.31. The first-order valence-electron chi connectivity index (χ1n) is 4.66. The Morgan fingerprint density at radius 2 is 2.27 bits per heavy atom. The molecule has 2 rings (SSSR count). The van der Waals surface area contributed by atoms with Crippen LogP contribution in [0.5, 0.6) is 0 Å². The standard InChI is InChI=1S/C10H11FN4/c1-2-15-6-13-14-10(15)9-7(11)4-3-5-8(9)12/h3-6H,2,12H2,1H3. The highest BCUT2D eigenvalue weighted by Crippen LogP contribution is 2.26. The molecule has 0 fully saturated rings. The van der Waals surface area contributed by atoms with E-state index in [0.29, 0.717) is 23.6 Å². The van der Waals surface area contributed by atoms with Crippen LogP contribution in [0.3, 0.4) is 0 Å². The SMILES string of the molecule is CCn1cnnc1-c1c(N)cccc1F. The Morgan fingerprint density at radius 3 is 2.93 bits per heavy atom. The van der Waals surface area contributed by atoms with Gasteiger partial charge in [0.05, 0.1) is 5.56 Å². The molecular formula is C10H11FN4. The van der Waals surface area contributed by atoms with Crippen molar-refractivity contribution in [2.75, 3.05) is 5.73 Å². The van der Waals surface area contributed by atoms with Crippen molar-refractivity contribution in [2.24, 2.45) is 0 Å². The molecule has 0 amide bonds. The van der Waals surface area contributed by atoms with Crippen molar-refractivity contribution in [1.82, 2.24) is 14.8 Å². The summed E-state index contributed by atoms with van der Waals surface area (Å²) in [5, 5.41) is 7.61. The Bertz CT molecular complexity index is 458. The van der Waals surface area contributed by atoms with Gasteiger partial charge >= 0.3 is 0 Å². The second-order valence-corrected chi connectivity index (χ2v) is 3.14. The summed E-state index contributed by atoms with van der Waals surface area (Å²) in [5.74, 6) is 0.0887. The Hall–Kier alpha value is -1.91. The largest absolute Gasteiger partial charge is 0.398 e. The lowest BCUT2D eigenvalue weighted by atomic mass is 10.1. The van der Waals surface area contributed by atoms with Crippen LogP contribution in [0.4, 0.5) is 10.1 Å². The van der Waals surface area contributed by atoms with Gasteiger partial charge in [-0.25, -0.2) is 4.39 Å². The zero-order valence-electron chi connectivity index (χ0n) is 8.31. The quantitative estimate of drug-likeness (QED) is 0.760. The van der Waals surface area contributed by atoms with Crippen LogP contribution >= 0.6 is 0 Å². The van der Waals surface area contributed by atoms with Gasteiger partial charge in [0.15, 0.2) is 5.82 Å². The van der Waals surface area contributed by atoms with Crippen LogP contribution in [0.15, 0.2) is 24.5 Å². The molecule has 5 heteroatoms. The van der Waals surface area contributed by atoms with Gasteiger partial charge in [-0.1, -0.05) is 6.07 Å². The summed E-state index contributed by atoms with van der Waals surface area (Å²) in [6.07, 6.45) is 1.56. The lowest BCUT2D eigenvalue weighted by Gasteiger charge is -2.06. The molecule has 78 valence electrons. The summed E-state index contributed by atoms with van der Waals surface area (Å²) < 4.78 is 15.3. The normalized spacial score (nSPS) is 10.5. The molecule has 0 aliphatic carbocycles. The molecule has 0 bridgehead atoms. The monoisotopic (exact) mass is 206 g/mol. The molecular weight excluding hydrogens is 195 g/mol. The van der Waals surface area contributed by atoms with Gasteiger partial charge in [0.25, 0.3) is 0 Å². The molecule has 0 saturated carbocycles. The first-order valence-corrected chi connectivity index (χ1v) is 4.66. The number of rotatable bonds is 2. The summed E-state index contributed by atoms with van der Waals surface area (Å²) >= 11 is 0. The number of aromatic nitrogens is 3. The molecule has 2 aromatic rings. The summed E-state index contributed by atoms with van der Waals surface area (Å²) in [7, 11) is 0. The molecule has 15 heavy (non-hydrogen) atoms. The van der Waals surface area contributed by atoms with Gasteiger partial charge in [0.1, 0.15) is 12.1 Å². The number of hydrogen-bond acceptors (Lipinski definition) is 3. The van der Waals surface area contributed by atoms with E-state index in [1.807, 2.05) is 6.92 Å². The van der Waals surface area contributed by atoms with Gasteiger partial charge in [0, 0.05) is 12.2 Å². The topological polar surface area (TPSA) is 56.7 Å². The summed E-state index contributed by atoms with van der Waals surface area (Å²) in [6, 6.07) is 4.58. The van der Waals surface area contributed by atoms with Crippen molar-refractivity contribution >= 4 is 5.69 Å². The van der Waals surface area contributed by atoms with E-state index in [2.05, 4.69) is 10.2 Å². The van der Waals surface area contributed by atoms with Crippen molar-refractivity contribution in [3.63, 3.8) is 0 Å². The van der Waals surface area contributed by atoms with E-state index in [9.17, 15) is 4.39 Å². The number of anilines is 1. The minimum atomic E-state index is -0.377. The van der Waals surface area contributed by atoms with E-state index in [0.717, 1.165) is 0 Å². The zero-order chi connectivity index (χ0) is 10.8. The minimum Gasteiger partial charge on any atom is -0.398 e. The molecule has 1 aromatic carbocycles. The van der Waals surface area contributed by atoms with Crippen molar-refractivity contribution in [2.45, 2.75) is 13.5 Å². The van der Waals surface area contributed by atoms with Gasteiger partial charge in [-0.2, -0.15) is 0 Å². The van der Waals surface area contributed by atoms with Gasteiger partial charge in [0.2, 0.25) is 0 Å². The Balaban J connectivity index is 2.63. The third-order valence-corrected chi connectivity index (χ3v) is 2.23. The van der Waals surface area contributed by atoms with E-state index < -0.39 is 0 Å². The fourth-order valence-corrected chi connectivity index (χ4v) is 1.46. The van der Waals surface area contributed by atoms with Crippen LogP contribution in [0.1, 0.15) is 6.92 Å². The second kappa shape index (κ2) is 3.68. The van der Waals surface area contributed by atoms with E-state index in [1.165, 1.54) is 6.07 Å². The molecule has 1 aromatic heterocycles. The number of halogens is 1. The smallest absolute Gasteiger partial charge is 0.168 e. The Morgan fingerprint density at radius 1 is 1.47 bits per heavy atom. The number of aryl methyl sites for hydroxylation is 1. The highest BCUT2D eigenvalue weighted by molar-refractivity contribution is 5.71. The summed E-state index contributed by atoms with van der Waals surface area (Å²) in [5.41, 5.74) is 6.40. The fraction of sp³-hybridized carbons (Fsp3) is 0.200. The maximum atomic E-state index is 13.6. The third kappa shape index (κ3) is 1.56. The average molecular weight is 206 g/mol. The molecule has 0 aliphatic rings. The second-order valence-electron chi connectivity index (χ2n) is 3.14. The van der Waals surface area contributed by atoms with Gasteiger partial charge in [-0.05, 0) is 19.1 Å². The highest BCUT2D eigenvalue weighted by atomic mass is 19.1. The molecule has 0 spiro atoms. The van der Waals surface area contributed by atoms with E-state index in [4.69, 9.17) is 5.73 Å². The minimum absolute atomic E-state index is 0.317. The van der Waals surface area contributed by atoms with Crippen LogP contribution in [0, 0.1) is 5.82 Å². The van der Waals surface area contributed by atoms with Crippen LogP contribution in [-0.2, 0) is 6.54 Å². The van der Waals surface area contributed by atoms with Gasteiger partial charge < -0.3 is 10.3 Å². The van der Waals surface area contributed by atoms with Crippen molar-refractivity contribution in [3.8, 4) is 11.4 Å².